The molecule has 7 heteroatoms. The number of hydrogen-bond acceptors (Lipinski definition) is 6. The first-order valence-electron chi connectivity index (χ1n) is 9.58. The molecule has 6 nitrogen and oxygen atoms in total. The predicted molar refractivity (Wildman–Crippen MR) is 108 cm³/mol. The van der Waals surface area contributed by atoms with Crippen LogP contribution in [0.2, 0.25) is 0 Å². The molecular formula is C22H21FN6. The normalized spacial score (nSPS) is 15.7. The summed E-state index contributed by atoms with van der Waals surface area (Å²) < 4.78 is 13.1. The molecule has 0 saturated carbocycles. The molecule has 1 aliphatic rings. The SMILES string of the molecule is N#CC(c1ccccn1)c1ccnc(N2CCN(Cc3ccc(F)cc3)CC2)n1. The fraction of sp³-hybridized carbons (Fsp3) is 0.273. The largest absolute Gasteiger partial charge is 0.338 e. The molecule has 0 bridgehead atoms. The lowest BCUT2D eigenvalue weighted by Gasteiger charge is -2.34. The lowest BCUT2D eigenvalue weighted by molar-refractivity contribution is 0.248. The first-order valence-corrected chi connectivity index (χ1v) is 9.58. The van der Waals surface area contributed by atoms with Gasteiger partial charge in [0.1, 0.15) is 11.7 Å². The van der Waals surface area contributed by atoms with E-state index in [1.54, 1.807) is 18.5 Å². The Morgan fingerprint density at radius 1 is 0.931 bits per heavy atom. The second-order valence-corrected chi connectivity index (χ2v) is 6.99. The topological polar surface area (TPSA) is 68.9 Å². The van der Waals surface area contributed by atoms with Crippen molar-refractivity contribution in [2.75, 3.05) is 31.1 Å². The van der Waals surface area contributed by atoms with E-state index >= 15 is 0 Å². The average molecular weight is 388 g/mol. The Hall–Kier alpha value is -3.37. The predicted octanol–water partition coefficient (Wildman–Crippen LogP) is 2.99. The zero-order chi connectivity index (χ0) is 20.1. The Bertz CT molecular complexity index is 978. The zero-order valence-electron chi connectivity index (χ0n) is 15.9. The number of hydrogen-bond donors (Lipinski definition) is 0. The van der Waals surface area contributed by atoms with Crippen LogP contribution in [0.15, 0.2) is 60.9 Å². The van der Waals surface area contributed by atoms with E-state index in [2.05, 4.69) is 30.8 Å². The Labute approximate surface area is 169 Å². The lowest BCUT2D eigenvalue weighted by atomic mass is 10.0. The van der Waals surface area contributed by atoms with Crippen LogP contribution in [0, 0.1) is 17.1 Å². The minimum Gasteiger partial charge on any atom is -0.338 e. The minimum atomic E-state index is -0.516. The standard InChI is InChI=1S/C22H21FN6/c23-18-6-4-17(5-7-18)16-28-11-13-29(14-12-28)22-26-10-8-21(27-22)19(15-24)20-3-1-2-9-25-20/h1-10,19H,11-14,16H2. The van der Waals surface area contributed by atoms with Crippen LogP contribution >= 0.6 is 0 Å². The summed E-state index contributed by atoms with van der Waals surface area (Å²) >= 11 is 0. The van der Waals surface area contributed by atoms with E-state index in [1.165, 1.54) is 12.1 Å². The van der Waals surface area contributed by atoms with Crippen molar-refractivity contribution in [1.29, 1.82) is 5.26 Å². The molecule has 1 saturated heterocycles. The smallest absolute Gasteiger partial charge is 0.225 e. The minimum absolute atomic E-state index is 0.211. The molecule has 4 rings (SSSR count). The third-order valence-electron chi connectivity index (χ3n) is 5.05. The van der Waals surface area contributed by atoms with Crippen LogP contribution in [0.25, 0.3) is 0 Å². The van der Waals surface area contributed by atoms with Gasteiger partial charge in [0.2, 0.25) is 5.95 Å². The maximum absolute atomic E-state index is 13.1. The number of anilines is 1. The molecule has 0 aliphatic carbocycles. The van der Waals surface area contributed by atoms with Gasteiger partial charge in [-0.05, 0) is 35.9 Å². The quantitative estimate of drug-likeness (QED) is 0.669. The molecule has 1 fully saturated rings. The number of nitrogens with zero attached hydrogens (tertiary/aromatic N) is 6. The molecule has 29 heavy (non-hydrogen) atoms. The molecule has 1 unspecified atom stereocenters. The van der Waals surface area contributed by atoms with Crippen molar-refractivity contribution in [2.24, 2.45) is 0 Å². The van der Waals surface area contributed by atoms with Gasteiger partial charge in [-0.2, -0.15) is 5.26 Å². The van der Waals surface area contributed by atoms with Gasteiger partial charge in [0, 0.05) is 45.1 Å². The molecule has 1 aromatic carbocycles. The summed E-state index contributed by atoms with van der Waals surface area (Å²) in [5, 5.41) is 9.63. The molecule has 3 heterocycles. The number of halogens is 1. The van der Waals surface area contributed by atoms with Crippen LogP contribution < -0.4 is 4.90 Å². The number of pyridine rings is 1. The Kier molecular flexibility index (Phi) is 5.73. The van der Waals surface area contributed by atoms with Crippen LogP contribution in [0.3, 0.4) is 0 Å². The summed E-state index contributed by atoms with van der Waals surface area (Å²) in [6.07, 6.45) is 3.39. The van der Waals surface area contributed by atoms with E-state index in [1.807, 2.05) is 30.3 Å². The van der Waals surface area contributed by atoms with Crippen molar-refractivity contribution in [2.45, 2.75) is 12.5 Å². The van der Waals surface area contributed by atoms with Gasteiger partial charge in [-0.1, -0.05) is 18.2 Å². The third-order valence-corrected chi connectivity index (χ3v) is 5.05. The molecule has 0 N–H and O–H groups in total. The Morgan fingerprint density at radius 2 is 1.72 bits per heavy atom. The second kappa shape index (κ2) is 8.76. The zero-order valence-corrected chi connectivity index (χ0v) is 15.9. The van der Waals surface area contributed by atoms with E-state index in [0.29, 0.717) is 17.3 Å². The van der Waals surface area contributed by atoms with Gasteiger partial charge in [0.25, 0.3) is 0 Å². The first-order chi connectivity index (χ1) is 14.2. The number of nitriles is 1. The third kappa shape index (κ3) is 4.55. The summed E-state index contributed by atoms with van der Waals surface area (Å²) in [5.74, 6) is -0.0881. The highest BCUT2D eigenvalue weighted by Gasteiger charge is 2.22. The van der Waals surface area contributed by atoms with Gasteiger partial charge >= 0.3 is 0 Å². The van der Waals surface area contributed by atoms with Gasteiger partial charge in [-0.3, -0.25) is 9.88 Å². The summed E-state index contributed by atoms with van der Waals surface area (Å²) in [6.45, 7) is 4.13. The van der Waals surface area contributed by atoms with E-state index in [-0.39, 0.29) is 5.82 Å². The maximum atomic E-state index is 13.1. The number of piperazine rings is 1. The average Bonchev–Trinajstić information content (AvgIpc) is 2.77. The molecule has 0 radical (unpaired) electrons. The summed E-state index contributed by atoms with van der Waals surface area (Å²) in [4.78, 5) is 17.8. The molecule has 0 amide bonds. The van der Waals surface area contributed by atoms with Gasteiger partial charge in [0.05, 0.1) is 17.5 Å². The van der Waals surface area contributed by atoms with E-state index in [4.69, 9.17) is 0 Å². The van der Waals surface area contributed by atoms with Gasteiger partial charge in [-0.15, -0.1) is 0 Å². The molecule has 1 atom stereocenters. The molecule has 2 aromatic heterocycles. The van der Waals surface area contributed by atoms with Crippen molar-refractivity contribution in [3.63, 3.8) is 0 Å². The van der Waals surface area contributed by atoms with E-state index < -0.39 is 5.92 Å². The summed E-state index contributed by atoms with van der Waals surface area (Å²) in [6, 6.07) is 16.3. The van der Waals surface area contributed by atoms with Gasteiger partial charge < -0.3 is 4.90 Å². The van der Waals surface area contributed by atoms with Crippen LogP contribution in [0.5, 0.6) is 0 Å². The van der Waals surface area contributed by atoms with Crippen LogP contribution in [-0.4, -0.2) is 46.0 Å². The van der Waals surface area contributed by atoms with Crippen LogP contribution in [-0.2, 0) is 6.54 Å². The fourth-order valence-electron chi connectivity index (χ4n) is 3.46. The van der Waals surface area contributed by atoms with Crippen LogP contribution in [0.4, 0.5) is 10.3 Å². The molecule has 0 spiro atoms. The van der Waals surface area contributed by atoms with Crippen molar-refractivity contribution in [3.8, 4) is 6.07 Å². The number of benzene rings is 1. The fourth-order valence-corrected chi connectivity index (χ4v) is 3.46. The lowest BCUT2D eigenvalue weighted by Crippen LogP contribution is -2.46. The van der Waals surface area contributed by atoms with Gasteiger partial charge in [0.15, 0.2) is 0 Å². The Balaban J connectivity index is 1.42. The first kappa shape index (κ1) is 19.0. The highest BCUT2D eigenvalue weighted by Crippen LogP contribution is 2.22. The monoisotopic (exact) mass is 388 g/mol. The number of rotatable bonds is 5. The van der Waals surface area contributed by atoms with E-state index in [9.17, 15) is 9.65 Å². The number of aromatic nitrogens is 3. The van der Waals surface area contributed by atoms with Gasteiger partial charge in [-0.25, -0.2) is 14.4 Å². The maximum Gasteiger partial charge on any atom is 0.225 e. The second-order valence-electron chi connectivity index (χ2n) is 6.99. The molecule has 1 aliphatic heterocycles. The summed E-state index contributed by atoms with van der Waals surface area (Å²) in [7, 11) is 0. The Morgan fingerprint density at radius 3 is 2.41 bits per heavy atom. The van der Waals surface area contributed by atoms with Crippen molar-refractivity contribution in [1.82, 2.24) is 19.9 Å². The van der Waals surface area contributed by atoms with Crippen molar-refractivity contribution < 1.29 is 4.39 Å². The highest BCUT2D eigenvalue weighted by molar-refractivity contribution is 5.36. The molecule has 3 aromatic rings. The molecular weight excluding hydrogens is 367 g/mol. The highest BCUT2D eigenvalue weighted by atomic mass is 19.1. The van der Waals surface area contributed by atoms with E-state index in [0.717, 1.165) is 38.3 Å². The van der Waals surface area contributed by atoms with Crippen LogP contribution in [0.1, 0.15) is 22.9 Å². The molecule has 146 valence electrons. The van der Waals surface area contributed by atoms with Crippen molar-refractivity contribution in [3.05, 3.63) is 83.7 Å². The summed E-state index contributed by atoms with van der Waals surface area (Å²) in [5.41, 5.74) is 2.44. The van der Waals surface area contributed by atoms with Crippen molar-refractivity contribution >= 4 is 5.95 Å².